The van der Waals surface area contributed by atoms with E-state index in [0.29, 0.717) is 0 Å². The monoisotopic (exact) mass is 356 g/mol. The van der Waals surface area contributed by atoms with Crippen LogP contribution in [-0.4, -0.2) is 30.5 Å². The Morgan fingerprint density at radius 2 is 1.96 bits per heavy atom. The van der Waals surface area contributed by atoms with Crippen molar-refractivity contribution >= 4 is 46.7 Å². The molecule has 0 bridgehead atoms. The van der Waals surface area contributed by atoms with Crippen molar-refractivity contribution < 1.29 is 24.0 Å². The zero-order chi connectivity index (χ0) is 16.8. The Bertz CT molecular complexity index is 743. The van der Waals surface area contributed by atoms with E-state index in [4.69, 9.17) is 28.0 Å². The van der Waals surface area contributed by atoms with Crippen LogP contribution in [0, 0.1) is 0 Å². The standard InChI is InChI=1S/C14H10Cl2N2O5/c1-22-12(20)10-5-14(23-17-10)6-11(19)18(13(14)21)9-3-7(15)2-8(16)4-9/h2-5,17H,6H2,1H3/t14-/m1/s1. The van der Waals surface area contributed by atoms with Crippen LogP contribution >= 0.6 is 23.2 Å². The zero-order valence-electron chi connectivity index (χ0n) is 11.8. The molecule has 120 valence electrons. The Kier molecular flexibility index (Phi) is 3.79. The summed E-state index contributed by atoms with van der Waals surface area (Å²) in [5.74, 6) is -1.85. The Morgan fingerprint density at radius 1 is 1.30 bits per heavy atom. The highest BCUT2D eigenvalue weighted by atomic mass is 35.5. The average molecular weight is 357 g/mol. The third kappa shape index (κ3) is 2.56. The summed E-state index contributed by atoms with van der Waals surface area (Å²) in [7, 11) is 1.19. The first kappa shape index (κ1) is 15.8. The van der Waals surface area contributed by atoms with Crippen molar-refractivity contribution in [2.75, 3.05) is 12.0 Å². The van der Waals surface area contributed by atoms with E-state index in [0.717, 1.165) is 4.90 Å². The number of nitrogens with one attached hydrogen (secondary N) is 1. The molecule has 1 N–H and O–H groups in total. The number of amides is 2. The molecule has 1 atom stereocenters. The molecule has 1 spiro atoms. The minimum absolute atomic E-state index is 0.0420. The zero-order valence-corrected chi connectivity index (χ0v) is 13.3. The highest BCUT2D eigenvalue weighted by molar-refractivity contribution is 6.36. The van der Waals surface area contributed by atoms with E-state index < -0.39 is 23.4 Å². The second kappa shape index (κ2) is 5.52. The Hall–Kier alpha value is -2.09. The van der Waals surface area contributed by atoms with Crippen molar-refractivity contribution in [1.82, 2.24) is 5.48 Å². The predicted octanol–water partition coefficient (Wildman–Crippen LogP) is 1.59. The van der Waals surface area contributed by atoms with Crippen LogP contribution in [0.5, 0.6) is 0 Å². The van der Waals surface area contributed by atoms with E-state index in [1.54, 1.807) is 0 Å². The third-order valence-electron chi connectivity index (χ3n) is 3.46. The van der Waals surface area contributed by atoms with Crippen LogP contribution < -0.4 is 10.4 Å². The van der Waals surface area contributed by atoms with Crippen molar-refractivity contribution in [2.24, 2.45) is 0 Å². The quantitative estimate of drug-likeness (QED) is 0.639. The molecule has 0 radical (unpaired) electrons. The second-order valence-corrected chi connectivity index (χ2v) is 5.85. The number of halogens is 2. The normalized spacial score (nSPS) is 23.3. The summed E-state index contributed by atoms with van der Waals surface area (Å²) in [6.45, 7) is 0. The van der Waals surface area contributed by atoms with E-state index in [1.807, 2.05) is 0 Å². The van der Waals surface area contributed by atoms with Gasteiger partial charge in [0.15, 0.2) is 0 Å². The molecule has 9 heteroatoms. The SMILES string of the molecule is COC(=O)C1=C[C@]2(CC(=O)N(c3cc(Cl)cc(Cl)c3)C2=O)ON1. The van der Waals surface area contributed by atoms with E-state index in [1.165, 1.54) is 31.4 Å². The molecule has 0 aliphatic carbocycles. The fourth-order valence-electron chi connectivity index (χ4n) is 2.45. The number of imide groups is 1. The summed E-state index contributed by atoms with van der Waals surface area (Å²) >= 11 is 11.8. The van der Waals surface area contributed by atoms with Crippen LogP contribution in [0.1, 0.15) is 6.42 Å². The fraction of sp³-hybridized carbons (Fsp3) is 0.214. The summed E-state index contributed by atoms with van der Waals surface area (Å²) in [5.41, 5.74) is 0.925. The van der Waals surface area contributed by atoms with Crippen LogP contribution in [0.2, 0.25) is 10.0 Å². The van der Waals surface area contributed by atoms with Crippen LogP contribution in [0.15, 0.2) is 30.0 Å². The first-order chi connectivity index (χ1) is 10.9. The van der Waals surface area contributed by atoms with Gasteiger partial charge in [-0.3, -0.25) is 19.9 Å². The molecule has 1 aromatic carbocycles. The van der Waals surface area contributed by atoms with Crippen LogP contribution in [0.25, 0.3) is 0 Å². The minimum atomic E-state index is -1.59. The predicted molar refractivity (Wildman–Crippen MR) is 80.6 cm³/mol. The van der Waals surface area contributed by atoms with Crippen molar-refractivity contribution in [3.05, 3.63) is 40.0 Å². The lowest BCUT2D eigenvalue weighted by molar-refractivity contribution is -0.142. The lowest BCUT2D eigenvalue weighted by Gasteiger charge is -2.18. The van der Waals surface area contributed by atoms with Crippen LogP contribution in [0.3, 0.4) is 0 Å². The van der Waals surface area contributed by atoms with Gasteiger partial charge in [0, 0.05) is 10.0 Å². The molecule has 0 aromatic heterocycles. The van der Waals surface area contributed by atoms with Gasteiger partial charge in [-0.15, -0.1) is 0 Å². The molecule has 1 fully saturated rings. The molecular formula is C14H10Cl2N2O5. The topological polar surface area (TPSA) is 84.9 Å². The number of carbonyl (C=O) groups is 3. The highest BCUT2D eigenvalue weighted by Gasteiger charge is 2.56. The molecular weight excluding hydrogens is 347 g/mol. The van der Waals surface area contributed by atoms with Crippen LogP contribution in [-0.2, 0) is 24.0 Å². The van der Waals surface area contributed by atoms with Crippen molar-refractivity contribution in [1.29, 1.82) is 0 Å². The summed E-state index contributed by atoms with van der Waals surface area (Å²) in [6, 6.07) is 4.36. The number of anilines is 1. The largest absolute Gasteiger partial charge is 0.464 e. The smallest absolute Gasteiger partial charge is 0.356 e. The Labute approximate surface area is 140 Å². The molecule has 7 nitrogen and oxygen atoms in total. The first-order valence-corrected chi connectivity index (χ1v) is 7.20. The van der Waals surface area contributed by atoms with Gasteiger partial charge in [-0.05, 0) is 24.3 Å². The number of hydroxylamine groups is 1. The number of benzene rings is 1. The highest BCUT2D eigenvalue weighted by Crippen LogP contribution is 2.37. The van der Waals surface area contributed by atoms with Gasteiger partial charge in [0.1, 0.15) is 5.70 Å². The van der Waals surface area contributed by atoms with Gasteiger partial charge < -0.3 is 4.74 Å². The molecule has 0 unspecified atom stereocenters. The molecule has 2 heterocycles. The molecule has 3 rings (SSSR count). The summed E-state index contributed by atoms with van der Waals surface area (Å²) < 4.78 is 4.55. The third-order valence-corrected chi connectivity index (χ3v) is 3.90. The van der Waals surface area contributed by atoms with E-state index in [2.05, 4.69) is 10.2 Å². The number of rotatable bonds is 2. The summed E-state index contributed by atoms with van der Waals surface area (Å²) in [5, 5.41) is 0.565. The number of ether oxygens (including phenoxy) is 1. The van der Waals surface area contributed by atoms with E-state index in [9.17, 15) is 14.4 Å². The molecule has 23 heavy (non-hydrogen) atoms. The Balaban J connectivity index is 1.98. The number of carbonyl (C=O) groups excluding carboxylic acids is 3. The summed E-state index contributed by atoms with van der Waals surface area (Å²) in [4.78, 5) is 42.6. The molecule has 1 aromatic rings. The average Bonchev–Trinajstić information content (AvgIpc) is 3.00. The molecule has 0 saturated carbocycles. The summed E-state index contributed by atoms with van der Waals surface area (Å²) in [6.07, 6.45) is 0.981. The molecule has 2 amide bonds. The minimum Gasteiger partial charge on any atom is -0.464 e. The number of methoxy groups -OCH3 is 1. The fourth-order valence-corrected chi connectivity index (χ4v) is 2.97. The number of hydrogen-bond acceptors (Lipinski definition) is 6. The van der Waals surface area contributed by atoms with Gasteiger partial charge in [-0.1, -0.05) is 23.2 Å². The van der Waals surface area contributed by atoms with Gasteiger partial charge in [-0.25, -0.2) is 9.69 Å². The maximum absolute atomic E-state index is 12.7. The van der Waals surface area contributed by atoms with Crippen molar-refractivity contribution in [3.8, 4) is 0 Å². The maximum Gasteiger partial charge on any atom is 0.356 e. The lowest BCUT2D eigenvalue weighted by atomic mass is 10.0. The lowest BCUT2D eigenvalue weighted by Crippen LogP contribution is -2.40. The van der Waals surface area contributed by atoms with Gasteiger partial charge in [0.2, 0.25) is 11.5 Å². The van der Waals surface area contributed by atoms with Gasteiger partial charge in [-0.2, -0.15) is 0 Å². The maximum atomic E-state index is 12.7. The second-order valence-electron chi connectivity index (χ2n) is 4.98. The number of hydrogen-bond donors (Lipinski definition) is 1. The molecule has 2 aliphatic heterocycles. The molecule has 1 saturated heterocycles. The number of esters is 1. The Morgan fingerprint density at radius 3 is 2.57 bits per heavy atom. The van der Waals surface area contributed by atoms with Gasteiger partial charge >= 0.3 is 5.97 Å². The van der Waals surface area contributed by atoms with Gasteiger partial charge in [0.05, 0.1) is 19.2 Å². The van der Waals surface area contributed by atoms with Crippen LogP contribution in [0.4, 0.5) is 5.69 Å². The van der Waals surface area contributed by atoms with Crippen molar-refractivity contribution in [3.63, 3.8) is 0 Å². The van der Waals surface area contributed by atoms with Gasteiger partial charge in [0.25, 0.3) is 5.91 Å². The van der Waals surface area contributed by atoms with E-state index in [-0.39, 0.29) is 27.9 Å². The van der Waals surface area contributed by atoms with E-state index >= 15 is 0 Å². The first-order valence-electron chi connectivity index (χ1n) is 6.45. The number of nitrogens with zero attached hydrogens (tertiary/aromatic N) is 1. The molecule has 2 aliphatic rings. The van der Waals surface area contributed by atoms with Crippen molar-refractivity contribution in [2.45, 2.75) is 12.0 Å².